The zero-order chi connectivity index (χ0) is 19.4. The first-order valence-corrected chi connectivity index (χ1v) is 8.48. The van der Waals surface area contributed by atoms with Crippen molar-refractivity contribution in [2.24, 2.45) is 0 Å². The Hall–Kier alpha value is -3.54. The van der Waals surface area contributed by atoms with Gasteiger partial charge in [-0.1, -0.05) is 29.8 Å². The Labute approximate surface area is 156 Å². The van der Waals surface area contributed by atoms with Gasteiger partial charge in [0.25, 0.3) is 5.56 Å². The van der Waals surface area contributed by atoms with Crippen molar-refractivity contribution in [3.8, 4) is 11.3 Å². The molecule has 27 heavy (non-hydrogen) atoms. The van der Waals surface area contributed by atoms with Crippen LogP contribution in [0.25, 0.3) is 11.3 Å². The van der Waals surface area contributed by atoms with Crippen LogP contribution in [0.4, 0.5) is 5.69 Å². The first-order chi connectivity index (χ1) is 12.9. The number of anilines is 1. The molecule has 1 N–H and O–H groups in total. The van der Waals surface area contributed by atoms with Gasteiger partial charge in [-0.05, 0) is 44.2 Å². The Morgan fingerprint density at radius 1 is 0.963 bits per heavy atom. The molecule has 0 aliphatic heterocycles. The number of benzene rings is 2. The summed E-state index contributed by atoms with van der Waals surface area (Å²) in [6.45, 7) is 3.27. The van der Waals surface area contributed by atoms with Crippen molar-refractivity contribution in [2.75, 3.05) is 5.32 Å². The average Bonchev–Trinajstić information content (AvgIpc) is 2.64. The summed E-state index contributed by atoms with van der Waals surface area (Å²) in [5.74, 6) is -0.419. The predicted molar refractivity (Wildman–Crippen MR) is 104 cm³/mol. The Bertz CT molecular complexity index is 1040. The fourth-order valence-electron chi connectivity index (χ4n) is 2.57. The second-order valence-corrected chi connectivity index (χ2v) is 6.26. The number of nitrogens with one attached hydrogen (secondary N) is 1. The lowest BCUT2D eigenvalue weighted by molar-refractivity contribution is -0.117. The molecule has 0 spiro atoms. The largest absolute Gasteiger partial charge is 0.324 e. The predicted octanol–water partition coefficient (Wildman–Crippen LogP) is 3.06. The number of aromatic nitrogens is 2. The number of rotatable bonds is 5. The summed E-state index contributed by atoms with van der Waals surface area (Å²) in [5, 5.41) is 6.99. The number of ketones is 1. The van der Waals surface area contributed by atoms with Crippen LogP contribution in [0.15, 0.2) is 65.5 Å². The van der Waals surface area contributed by atoms with Gasteiger partial charge < -0.3 is 5.32 Å². The fourth-order valence-corrected chi connectivity index (χ4v) is 2.57. The highest BCUT2D eigenvalue weighted by atomic mass is 16.2. The maximum absolute atomic E-state index is 12.3. The molecule has 6 nitrogen and oxygen atoms in total. The van der Waals surface area contributed by atoms with Gasteiger partial charge >= 0.3 is 0 Å². The third-order valence-corrected chi connectivity index (χ3v) is 4.08. The van der Waals surface area contributed by atoms with Crippen molar-refractivity contribution in [3.05, 3.63) is 82.1 Å². The molecule has 2 aromatic carbocycles. The summed E-state index contributed by atoms with van der Waals surface area (Å²) in [6, 6.07) is 17.4. The Kier molecular flexibility index (Phi) is 5.26. The number of Topliss-reactive ketones (excluding diaryl/α,β-unsaturated/α-hetero) is 1. The minimum Gasteiger partial charge on any atom is -0.324 e. The molecule has 0 saturated heterocycles. The maximum atomic E-state index is 12.3. The quantitative estimate of drug-likeness (QED) is 0.708. The molecule has 0 unspecified atom stereocenters. The lowest BCUT2D eigenvalue weighted by Crippen LogP contribution is -2.29. The van der Waals surface area contributed by atoms with Crippen LogP contribution in [0.2, 0.25) is 0 Å². The van der Waals surface area contributed by atoms with Crippen LogP contribution in [0.1, 0.15) is 22.8 Å². The van der Waals surface area contributed by atoms with E-state index in [1.165, 1.54) is 13.0 Å². The molecule has 0 atom stereocenters. The van der Waals surface area contributed by atoms with E-state index < -0.39 is 0 Å². The Morgan fingerprint density at radius 3 is 2.26 bits per heavy atom. The van der Waals surface area contributed by atoms with Crippen LogP contribution in [0, 0.1) is 6.92 Å². The van der Waals surface area contributed by atoms with Gasteiger partial charge in [-0.25, -0.2) is 4.68 Å². The first kappa shape index (κ1) is 18.3. The monoisotopic (exact) mass is 361 g/mol. The van der Waals surface area contributed by atoms with E-state index in [1.807, 2.05) is 31.2 Å². The Morgan fingerprint density at radius 2 is 1.63 bits per heavy atom. The van der Waals surface area contributed by atoms with Crippen molar-refractivity contribution in [1.29, 1.82) is 0 Å². The SMILES string of the molecule is CC(=O)c1ccc(NC(=O)Cn2nc(-c3ccc(C)cc3)ccc2=O)cc1. The van der Waals surface area contributed by atoms with E-state index >= 15 is 0 Å². The minimum atomic E-state index is -0.374. The highest BCUT2D eigenvalue weighted by Crippen LogP contribution is 2.16. The third kappa shape index (κ3) is 4.55. The van der Waals surface area contributed by atoms with E-state index in [9.17, 15) is 14.4 Å². The van der Waals surface area contributed by atoms with Crippen LogP contribution < -0.4 is 10.9 Å². The number of nitrogens with zero attached hydrogens (tertiary/aromatic N) is 2. The van der Waals surface area contributed by atoms with Crippen LogP contribution >= 0.6 is 0 Å². The molecule has 0 fully saturated rings. The van der Waals surface area contributed by atoms with E-state index in [4.69, 9.17) is 0 Å². The summed E-state index contributed by atoms with van der Waals surface area (Å²) < 4.78 is 1.13. The molecule has 3 rings (SSSR count). The third-order valence-electron chi connectivity index (χ3n) is 4.08. The highest BCUT2D eigenvalue weighted by Gasteiger charge is 2.09. The molecule has 0 aliphatic rings. The number of carbonyl (C=O) groups is 2. The van der Waals surface area contributed by atoms with Gasteiger partial charge in [0.2, 0.25) is 5.91 Å². The second-order valence-electron chi connectivity index (χ2n) is 6.26. The molecule has 1 amide bonds. The summed E-state index contributed by atoms with van der Waals surface area (Å²) in [7, 11) is 0. The number of hydrogen-bond donors (Lipinski definition) is 1. The first-order valence-electron chi connectivity index (χ1n) is 8.48. The van der Waals surface area contributed by atoms with Crippen molar-refractivity contribution in [1.82, 2.24) is 9.78 Å². The van der Waals surface area contributed by atoms with Crippen molar-refractivity contribution < 1.29 is 9.59 Å². The lowest BCUT2D eigenvalue weighted by atomic mass is 10.1. The highest BCUT2D eigenvalue weighted by molar-refractivity contribution is 5.95. The summed E-state index contributed by atoms with van der Waals surface area (Å²) in [4.78, 5) is 35.6. The molecule has 0 bridgehead atoms. The molecular weight excluding hydrogens is 342 g/mol. The van der Waals surface area contributed by atoms with Crippen molar-refractivity contribution in [3.63, 3.8) is 0 Å². The van der Waals surface area contributed by atoms with E-state index in [0.717, 1.165) is 15.8 Å². The Balaban J connectivity index is 1.75. The molecule has 136 valence electrons. The van der Waals surface area contributed by atoms with Gasteiger partial charge in [-0.3, -0.25) is 14.4 Å². The van der Waals surface area contributed by atoms with Gasteiger partial charge in [-0.15, -0.1) is 0 Å². The molecular formula is C21H19N3O3. The zero-order valence-electron chi connectivity index (χ0n) is 15.1. The van der Waals surface area contributed by atoms with Gasteiger partial charge in [-0.2, -0.15) is 5.10 Å². The van der Waals surface area contributed by atoms with Gasteiger partial charge in [0, 0.05) is 22.9 Å². The van der Waals surface area contributed by atoms with Crippen molar-refractivity contribution >= 4 is 17.4 Å². The van der Waals surface area contributed by atoms with Crippen molar-refractivity contribution in [2.45, 2.75) is 20.4 Å². The molecule has 1 aromatic heterocycles. The number of carbonyl (C=O) groups excluding carboxylic acids is 2. The molecule has 3 aromatic rings. The van der Waals surface area contributed by atoms with E-state index in [1.54, 1.807) is 30.3 Å². The van der Waals surface area contributed by atoms with Crippen LogP contribution in [-0.4, -0.2) is 21.5 Å². The number of aryl methyl sites for hydroxylation is 1. The second kappa shape index (κ2) is 7.78. The number of amides is 1. The molecule has 0 aliphatic carbocycles. The van der Waals surface area contributed by atoms with E-state index in [-0.39, 0.29) is 23.8 Å². The summed E-state index contributed by atoms with van der Waals surface area (Å²) in [5.41, 5.74) is 3.38. The summed E-state index contributed by atoms with van der Waals surface area (Å²) in [6.07, 6.45) is 0. The molecule has 1 heterocycles. The summed E-state index contributed by atoms with van der Waals surface area (Å²) >= 11 is 0. The lowest BCUT2D eigenvalue weighted by Gasteiger charge is -2.09. The van der Waals surface area contributed by atoms with E-state index in [0.29, 0.717) is 16.9 Å². The van der Waals surface area contributed by atoms with Gasteiger partial charge in [0.15, 0.2) is 5.78 Å². The normalized spacial score (nSPS) is 10.4. The fraction of sp³-hybridized carbons (Fsp3) is 0.143. The average molecular weight is 361 g/mol. The minimum absolute atomic E-state index is 0.0449. The van der Waals surface area contributed by atoms with E-state index in [2.05, 4.69) is 10.4 Å². The van der Waals surface area contributed by atoms with Gasteiger partial charge in [0.05, 0.1) is 5.69 Å². The molecule has 6 heteroatoms. The topological polar surface area (TPSA) is 81.1 Å². The maximum Gasteiger partial charge on any atom is 0.267 e. The van der Waals surface area contributed by atoms with Gasteiger partial charge in [0.1, 0.15) is 6.54 Å². The van der Waals surface area contributed by atoms with Crippen LogP contribution in [0.5, 0.6) is 0 Å². The smallest absolute Gasteiger partial charge is 0.267 e. The molecule has 0 radical (unpaired) electrons. The zero-order valence-corrected chi connectivity index (χ0v) is 15.1. The van der Waals surface area contributed by atoms with Crippen LogP contribution in [0.3, 0.4) is 0 Å². The standard InChI is InChI=1S/C21H19N3O3/c1-14-3-5-17(6-4-14)19-11-12-21(27)24(23-19)13-20(26)22-18-9-7-16(8-10-18)15(2)25/h3-12H,13H2,1-2H3,(H,22,26). The number of hydrogen-bond acceptors (Lipinski definition) is 4. The molecule has 0 saturated carbocycles. The van der Waals surface area contributed by atoms with Crippen LogP contribution in [-0.2, 0) is 11.3 Å².